The Kier molecular flexibility index (Phi) is 4.11. The molecule has 0 aliphatic carbocycles. The molecule has 0 aliphatic rings. The SMILES string of the molecule is Cc1cc(F)c(C(Br)CC(C)(C)C)cc1F. The van der Waals surface area contributed by atoms with Crippen molar-refractivity contribution in [2.45, 2.75) is 38.9 Å². The summed E-state index contributed by atoms with van der Waals surface area (Å²) in [5.74, 6) is -0.695. The molecule has 0 saturated carbocycles. The van der Waals surface area contributed by atoms with Gasteiger partial charge in [-0.15, -0.1) is 0 Å². The van der Waals surface area contributed by atoms with Gasteiger partial charge in [-0.25, -0.2) is 8.78 Å². The molecule has 0 aliphatic heterocycles. The van der Waals surface area contributed by atoms with E-state index in [9.17, 15) is 8.78 Å². The highest BCUT2D eigenvalue weighted by atomic mass is 79.9. The molecule has 90 valence electrons. The molecular formula is C13H17BrF2. The Morgan fingerprint density at radius 2 is 1.75 bits per heavy atom. The molecule has 0 nitrogen and oxygen atoms in total. The molecule has 0 aromatic heterocycles. The van der Waals surface area contributed by atoms with Gasteiger partial charge in [-0.1, -0.05) is 36.7 Å². The number of halogens is 3. The second-order valence-electron chi connectivity index (χ2n) is 5.36. The van der Waals surface area contributed by atoms with Gasteiger partial charge in [0.15, 0.2) is 0 Å². The smallest absolute Gasteiger partial charge is 0.128 e. The van der Waals surface area contributed by atoms with E-state index in [-0.39, 0.29) is 21.9 Å². The number of benzene rings is 1. The largest absolute Gasteiger partial charge is 0.207 e. The van der Waals surface area contributed by atoms with E-state index in [2.05, 4.69) is 36.7 Å². The normalized spacial score (nSPS) is 13.9. The fourth-order valence-electron chi connectivity index (χ4n) is 1.55. The van der Waals surface area contributed by atoms with Crippen LogP contribution in [0.25, 0.3) is 0 Å². The van der Waals surface area contributed by atoms with Gasteiger partial charge < -0.3 is 0 Å². The van der Waals surface area contributed by atoms with Crippen LogP contribution in [0.3, 0.4) is 0 Å². The van der Waals surface area contributed by atoms with Crippen LogP contribution in [0.4, 0.5) is 8.78 Å². The summed E-state index contributed by atoms with van der Waals surface area (Å²) in [5, 5.41) is 0. The Morgan fingerprint density at radius 1 is 1.19 bits per heavy atom. The molecule has 1 aromatic rings. The van der Waals surface area contributed by atoms with Crippen molar-refractivity contribution in [3.05, 3.63) is 34.9 Å². The second-order valence-corrected chi connectivity index (χ2v) is 6.46. The summed E-state index contributed by atoms with van der Waals surface area (Å²) in [5.41, 5.74) is 0.817. The van der Waals surface area contributed by atoms with Gasteiger partial charge in [-0.2, -0.15) is 0 Å². The Bertz CT molecular complexity index is 380. The topological polar surface area (TPSA) is 0 Å². The first-order valence-corrected chi connectivity index (χ1v) is 6.22. The second kappa shape index (κ2) is 4.82. The number of aryl methyl sites for hydroxylation is 1. The maximum Gasteiger partial charge on any atom is 0.128 e. The van der Waals surface area contributed by atoms with Crippen LogP contribution in [-0.2, 0) is 0 Å². The molecule has 1 aromatic carbocycles. The van der Waals surface area contributed by atoms with Gasteiger partial charge in [-0.3, -0.25) is 0 Å². The van der Waals surface area contributed by atoms with Crippen molar-refractivity contribution < 1.29 is 8.78 Å². The van der Waals surface area contributed by atoms with Crippen LogP contribution in [0.5, 0.6) is 0 Å². The van der Waals surface area contributed by atoms with Crippen LogP contribution in [0.2, 0.25) is 0 Å². The van der Waals surface area contributed by atoms with E-state index >= 15 is 0 Å². The number of alkyl halides is 1. The fourth-order valence-corrected chi connectivity index (χ4v) is 2.87. The number of rotatable bonds is 2. The third-order valence-corrected chi connectivity index (χ3v) is 3.22. The van der Waals surface area contributed by atoms with Crippen molar-refractivity contribution in [3.63, 3.8) is 0 Å². The third kappa shape index (κ3) is 3.55. The highest BCUT2D eigenvalue weighted by Crippen LogP contribution is 2.37. The zero-order valence-electron chi connectivity index (χ0n) is 10.1. The molecule has 0 fully saturated rings. The lowest BCUT2D eigenvalue weighted by Gasteiger charge is -2.22. The van der Waals surface area contributed by atoms with Crippen LogP contribution in [-0.4, -0.2) is 0 Å². The van der Waals surface area contributed by atoms with Crippen LogP contribution < -0.4 is 0 Å². The molecule has 0 saturated heterocycles. The van der Waals surface area contributed by atoms with E-state index < -0.39 is 0 Å². The Hall–Kier alpha value is -0.440. The summed E-state index contributed by atoms with van der Waals surface area (Å²) < 4.78 is 27.0. The van der Waals surface area contributed by atoms with Crippen molar-refractivity contribution in [3.8, 4) is 0 Å². The predicted molar refractivity (Wildman–Crippen MR) is 66.8 cm³/mol. The maximum atomic E-state index is 13.7. The molecular weight excluding hydrogens is 274 g/mol. The van der Waals surface area contributed by atoms with Gasteiger partial charge in [-0.05, 0) is 36.5 Å². The monoisotopic (exact) mass is 290 g/mol. The van der Waals surface area contributed by atoms with E-state index in [1.54, 1.807) is 6.92 Å². The third-order valence-electron chi connectivity index (χ3n) is 2.41. The van der Waals surface area contributed by atoms with Gasteiger partial charge in [0.05, 0.1) is 0 Å². The van der Waals surface area contributed by atoms with Crippen LogP contribution in [0.1, 0.15) is 43.1 Å². The minimum atomic E-state index is -0.352. The average Bonchev–Trinajstić information content (AvgIpc) is 2.08. The molecule has 0 bridgehead atoms. The maximum absolute atomic E-state index is 13.7. The molecule has 0 radical (unpaired) electrons. The Balaban J connectivity index is 3.00. The minimum absolute atomic E-state index is 0.0714. The average molecular weight is 291 g/mol. The number of hydrogen-bond acceptors (Lipinski definition) is 0. The van der Waals surface area contributed by atoms with E-state index in [4.69, 9.17) is 0 Å². The van der Waals surface area contributed by atoms with E-state index in [0.717, 1.165) is 6.42 Å². The Morgan fingerprint density at radius 3 is 2.25 bits per heavy atom. The summed E-state index contributed by atoms with van der Waals surface area (Å²) in [7, 11) is 0. The first-order chi connectivity index (χ1) is 7.20. The highest BCUT2D eigenvalue weighted by Gasteiger charge is 2.21. The summed E-state index contributed by atoms with van der Waals surface area (Å²) in [6, 6.07) is 2.54. The summed E-state index contributed by atoms with van der Waals surface area (Å²) in [6.45, 7) is 7.78. The quantitative estimate of drug-likeness (QED) is 0.661. The van der Waals surface area contributed by atoms with Crippen molar-refractivity contribution in [1.29, 1.82) is 0 Å². The van der Waals surface area contributed by atoms with Gasteiger partial charge in [0.2, 0.25) is 0 Å². The van der Waals surface area contributed by atoms with Gasteiger partial charge in [0.25, 0.3) is 0 Å². The van der Waals surface area contributed by atoms with E-state index in [0.29, 0.717) is 11.1 Å². The summed E-state index contributed by atoms with van der Waals surface area (Å²) >= 11 is 3.42. The lowest BCUT2D eigenvalue weighted by atomic mass is 9.88. The molecule has 1 unspecified atom stereocenters. The first-order valence-electron chi connectivity index (χ1n) is 5.30. The van der Waals surface area contributed by atoms with Crippen LogP contribution >= 0.6 is 15.9 Å². The van der Waals surface area contributed by atoms with Gasteiger partial charge in [0.1, 0.15) is 11.6 Å². The van der Waals surface area contributed by atoms with E-state index in [1.807, 2.05) is 0 Å². The van der Waals surface area contributed by atoms with E-state index in [1.165, 1.54) is 12.1 Å². The van der Waals surface area contributed by atoms with Crippen molar-refractivity contribution in [2.24, 2.45) is 5.41 Å². The Labute approximate surface area is 104 Å². The lowest BCUT2D eigenvalue weighted by molar-refractivity contribution is 0.373. The molecule has 3 heteroatoms. The van der Waals surface area contributed by atoms with Crippen molar-refractivity contribution >= 4 is 15.9 Å². The lowest BCUT2D eigenvalue weighted by Crippen LogP contribution is -2.09. The van der Waals surface area contributed by atoms with Crippen LogP contribution in [0, 0.1) is 24.0 Å². The summed E-state index contributed by atoms with van der Waals surface area (Å²) in [6.07, 6.45) is 0.756. The van der Waals surface area contributed by atoms with Gasteiger partial charge >= 0.3 is 0 Å². The first kappa shape index (κ1) is 13.6. The molecule has 16 heavy (non-hydrogen) atoms. The summed E-state index contributed by atoms with van der Waals surface area (Å²) in [4.78, 5) is -0.150. The molecule has 1 rings (SSSR count). The van der Waals surface area contributed by atoms with Crippen molar-refractivity contribution in [1.82, 2.24) is 0 Å². The molecule has 0 N–H and O–H groups in total. The predicted octanol–water partition coefficient (Wildman–Crippen LogP) is 5.15. The minimum Gasteiger partial charge on any atom is -0.207 e. The zero-order valence-corrected chi connectivity index (χ0v) is 11.7. The molecule has 1 atom stereocenters. The number of hydrogen-bond donors (Lipinski definition) is 0. The molecule has 0 heterocycles. The highest BCUT2D eigenvalue weighted by molar-refractivity contribution is 9.09. The standard InChI is InChI=1S/C13H17BrF2/c1-8-5-12(16)9(6-11(8)15)10(14)7-13(2,3)4/h5-6,10H,7H2,1-4H3. The van der Waals surface area contributed by atoms with Gasteiger partial charge in [0, 0.05) is 10.4 Å². The fraction of sp³-hybridized carbons (Fsp3) is 0.538. The van der Waals surface area contributed by atoms with Crippen molar-refractivity contribution in [2.75, 3.05) is 0 Å². The molecule has 0 spiro atoms. The molecule has 0 amide bonds. The van der Waals surface area contributed by atoms with Crippen LogP contribution in [0.15, 0.2) is 12.1 Å². The zero-order chi connectivity index (χ0) is 12.5.